The van der Waals surface area contributed by atoms with Crippen LogP contribution in [0.15, 0.2) is 24.3 Å². The number of Topliss-reactive ketones (excluding diaryl/α,β-unsaturated/α-hetero) is 1. The molecule has 1 aromatic rings. The highest BCUT2D eigenvalue weighted by molar-refractivity contribution is 5.95. The molecule has 2 rings (SSSR count). The van der Waals surface area contributed by atoms with Crippen LogP contribution in [0.5, 0.6) is 0 Å². The van der Waals surface area contributed by atoms with E-state index in [0.717, 1.165) is 31.2 Å². The Morgan fingerprint density at radius 2 is 1.88 bits per heavy atom. The first-order valence-electron chi connectivity index (χ1n) is 6.36. The number of halogens is 1. The van der Waals surface area contributed by atoms with E-state index in [0.29, 0.717) is 5.56 Å². The number of alkyl halides is 1. The van der Waals surface area contributed by atoms with Gasteiger partial charge in [0.1, 0.15) is 0 Å². The zero-order chi connectivity index (χ0) is 12.3. The monoisotopic (exact) mass is 234 g/mol. The van der Waals surface area contributed by atoms with Gasteiger partial charge in [-0.3, -0.25) is 9.18 Å². The summed E-state index contributed by atoms with van der Waals surface area (Å²) in [5.74, 6) is 0.0407. The minimum atomic E-state index is -0.402. The lowest BCUT2D eigenvalue weighted by atomic mass is 9.68. The third kappa shape index (κ3) is 2.26. The Morgan fingerprint density at radius 1 is 1.24 bits per heavy atom. The predicted molar refractivity (Wildman–Crippen MR) is 67.2 cm³/mol. The molecular weight excluding hydrogens is 215 g/mol. The Balaban J connectivity index is 2.46. The molecule has 1 aliphatic carbocycles. The van der Waals surface area contributed by atoms with Crippen molar-refractivity contribution in [2.45, 2.75) is 44.4 Å². The molecule has 0 N–H and O–H groups in total. The molecule has 0 spiro atoms. The van der Waals surface area contributed by atoms with Crippen molar-refractivity contribution < 1.29 is 9.18 Å². The molecule has 1 fully saturated rings. The summed E-state index contributed by atoms with van der Waals surface area (Å²) in [6, 6.07) is 7.52. The van der Waals surface area contributed by atoms with Gasteiger partial charge in [0.05, 0.1) is 6.67 Å². The van der Waals surface area contributed by atoms with Crippen LogP contribution in [-0.4, -0.2) is 12.5 Å². The molecule has 1 aliphatic rings. The molecule has 1 aromatic carbocycles. The molecule has 0 bridgehead atoms. The summed E-state index contributed by atoms with van der Waals surface area (Å²) in [7, 11) is 0. The minimum absolute atomic E-state index is 0.0407. The lowest BCUT2D eigenvalue weighted by Crippen LogP contribution is -2.33. The van der Waals surface area contributed by atoms with E-state index in [4.69, 9.17) is 0 Å². The van der Waals surface area contributed by atoms with Crippen LogP contribution >= 0.6 is 0 Å². The van der Waals surface area contributed by atoms with Crippen LogP contribution in [-0.2, 0) is 5.41 Å². The van der Waals surface area contributed by atoms with E-state index < -0.39 is 5.41 Å². The first-order valence-corrected chi connectivity index (χ1v) is 6.36. The van der Waals surface area contributed by atoms with E-state index in [1.165, 1.54) is 6.42 Å². The minimum Gasteiger partial charge on any atom is -0.295 e. The number of carbonyl (C=O) groups excluding carboxylic acids is 1. The topological polar surface area (TPSA) is 17.1 Å². The van der Waals surface area contributed by atoms with Gasteiger partial charge in [0.25, 0.3) is 0 Å². The van der Waals surface area contributed by atoms with Crippen molar-refractivity contribution in [3.63, 3.8) is 0 Å². The number of hydrogen-bond acceptors (Lipinski definition) is 1. The summed E-state index contributed by atoms with van der Waals surface area (Å²) in [6.45, 7) is 1.21. The molecule has 0 radical (unpaired) electrons. The van der Waals surface area contributed by atoms with Crippen molar-refractivity contribution in [3.8, 4) is 0 Å². The van der Waals surface area contributed by atoms with E-state index >= 15 is 0 Å². The van der Waals surface area contributed by atoms with Gasteiger partial charge in [0.2, 0.25) is 0 Å². The normalized spacial score (nSPS) is 18.9. The molecule has 2 heteroatoms. The van der Waals surface area contributed by atoms with Gasteiger partial charge in [0, 0.05) is 11.0 Å². The van der Waals surface area contributed by atoms with Crippen LogP contribution < -0.4 is 0 Å². The van der Waals surface area contributed by atoms with Crippen molar-refractivity contribution in [3.05, 3.63) is 35.4 Å². The Morgan fingerprint density at radius 3 is 2.47 bits per heavy atom. The Kier molecular flexibility index (Phi) is 3.60. The molecule has 0 heterocycles. The van der Waals surface area contributed by atoms with Gasteiger partial charge in [-0.1, -0.05) is 43.5 Å². The van der Waals surface area contributed by atoms with Crippen LogP contribution in [0.4, 0.5) is 4.39 Å². The molecular formula is C15H19FO. The molecule has 0 amide bonds. The van der Waals surface area contributed by atoms with Crippen LogP contribution in [0.2, 0.25) is 0 Å². The fraction of sp³-hybridized carbons (Fsp3) is 0.533. The van der Waals surface area contributed by atoms with E-state index in [-0.39, 0.29) is 12.5 Å². The lowest BCUT2D eigenvalue weighted by Gasteiger charge is -2.36. The van der Waals surface area contributed by atoms with Crippen molar-refractivity contribution in [2.24, 2.45) is 0 Å². The van der Waals surface area contributed by atoms with Gasteiger partial charge < -0.3 is 0 Å². The SMILES string of the molecule is CC(=O)c1ccccc1C1(CF)CCCCC1. The van der Waals surface area contributed by atoms with Gasteiger partial charge in [-0.15, -0.1) is 0 Å². The number of carbonyl (C=O) groups is 1. The second-order valence-electron chi connectivity index (χ2n) is 5.08. The maximum Gasteiger partial charge on any atom is 0.160 e. The fourth-order valence-corrected chi connectivity index (χ4v) is 2.96. The smallest absolute Gasteiger partial charge is 0.160 e. The molecule has 1 saturated carbocycles. The molecule has 0 aliphatic heterocycles. The molecule has 0 atom stereocenters. The summed E-state index contributed by atoms with van der Waals surface area (Å²) >= 11 is 0. The molecule has 0 aromatic heterocycles. The quantitative estimate of drug-likeness (QED) is 0.721. The third-order valence-electron chi connectivity index (χ3n) is 3.94. The van der Waals surface area contributed by atoms with E-state index in [1.807, 2.05) is 24.3 Å². The predicted octanol–water partition coefficient (Wildman–Crippen LogP) is 4.06. The third-order valence-corrected chi connectivity index (χ3v) is 3.94. The van der Waals surface area contributed by atoms with Gasteiger partial charge in [0.15, 0.2) is 5.78 Å². The van der Waals surface area contributed by atoms with E-state index in [9.17, 15) is 9.18 Å². The van der Waals surface area contributed by atoms with Gasteiger partial charge in [-0.25, -0.2) is 0 Å². The molecule has 17 heavy (non-hydrogen) atoms. The summed E-state index contributed by atoms with van der Waals surface area (Å²) in [5.41, 5.74) is 1.22. The fourth-order valence-electron chi connectivity index (χ4n) is 2.96. The molecule has 0 saturated heterocycles. The lowest BCUT2D eigenvalue weighted by molar-refractivity contribution is 0.101. The van der Waals surface area contributed by atoms with Crippen molar-refractivity contribution in [2.75, 3.05) is 6.67 Å². The zero-order valence-corrected chi connectivity index (χ0v) is 10.3. The molecule has 1 nitrogen and oxygen atoms in total. The number of benzene rings is 1. The van der Waals surface area contributed by atoms with Gasteiger partial charge in [-0.2, -0.15) is 0 Å². The summed E-state index contributed by atoms with van der Waals surface area (Å²) in [4.78, 5) is 11.6. The highest BCUT2D eigenvalue weighted by atomic mass is 19.1. The summed E-state index contributed by atoms with van der Waals surface area (Å²) < 4.78 is 13.6. The van der Waals surface area contributed by atoms with Crippen LogP contribution in [0.3, 0.4) is 0 Å². The van der Waals surface area contributed by atoms with Crippen LogP contribution in [0, 0.1) is 0 Å². The van der Waals surface area contributed by atoms with Crippen LogP contribution in [0.25, 0.3) is 0 Å². The number of ketones is 1. The van der Waals surface area contributed by atoms with Gasteiger partial charge >= 0.3 is 0 Å². The second-order valence-corrected chi connectivity index (χ2v) is 5.08. The standard InChI is InChI=1S/C15H19FO/c1-12(17)13-7-3-4-8-14(13)15(11-16)9-5-2-6-10-15/h3-4,7-8H,2,5-6,9-11H2,1H3. The molecule has 92 valence electrons. The maximum absolute atomic E-state index is 13.6. The Labute approximate surface area is 102 Å². The van der Waals surface area contributed by atoms with E-state index in [1.54, 1.807) is 6.92 Å². The average Bonchev–Trinajstić information content (AvgIpc) is 2.39. The second kappa shape index (κ2) is 4.99. The number of rotatable bonds is 3. The summed E-state index contributed by atoms with van der Waals surface area (Å²) in [6.07, 6.45) is 5.05. The molecule has 0 unspecified atom stereocenters. The summed E-state index contributed by atoms with van der Waals surface area (Å²) in [5, 5.41) is 0. The maximum atomic E-state index is 13.6. The number of hydrogen-bond donors (Lipinski definition) is 0. The van der Waals surface area contributed by atoms with Crippen molar-refractivity contribution >= 4 is 5.78 Å². The highest BCUT2D eigenvalue weighted by Gasteiger charge is 2.36. The van der Waals surface area contributed by atoms with Crippen molar-refractivity contribution in [1.82, 2.24) is 0 Å². The van der Waals surface area contributed by atoms with Crippen LogP contribution in [0.1, 0.15) is 54.9 Å². The zero-order valence-electron chi connectivity index (χ0n) is 10.3. The van der Waals surface area contributed by atoms with Gasteiger partial charge in [-0.05, 0) is 25.3 Å². The Hall–Kier alpha value is -1.18. The average molecular weight is 234 g/mol. The van der Waals surface area contributed by atoms with E-state index in [2.05, 4.69) is 0 Å². The first kappa shape index (κ1) is 12.3. The van der Waals surface area contributed by atoms with Crippen molar-refractivity contribution in [1.29, 1.82) is 0 Å². The Bertz CT molecular complexity index is 405. The first-order chi connectivity index (χ1) is 8.19. The largest absolute Gasteiger partial charge is 0.295 e. The highest BCUT2D eigenvalue weighted by Crippen LogP contribution is 2.41.